The highest BCUT2D eigenvalue weighted by atomic mass is 15.3. The fraction of sp³-hybridized carbons (Fsp3) is 0.688. The predicted molar refractivity (Wildman–Crippen MR) is 84.9 cm³/mol. The van der Waals surface area contributed by atoms with Crippen molar-refractivity contribution in [3.63, 3.8) is 0 Å². The maximum atomic E-state index is 6.00. The second-order valence-electron chi connectivity index (χ2n) is 6.14. The maximum absolute atomic E-state index is 6.00. The minimum atomic E-state index is 0.0620. The second kappa shape index (κ2) is 7.04. The summed E-state index contributed by atoms with van der Waals surface area (Å²) in [6.07, 6.45) is 2.91. The van der Waals surface area contributed by atoms with Crippen LogP contribution in [0.3, 0.4) is 0 Å². The van der Waals surface area contributed by atoms with Gasteiger partial charge in [-0.25, -0.2) is 0 Å². The Morgan fingerprint density at radius 1 is 1.20 bits per heavy atom. The fourth-order valence-corrected chi connectivity index (χ4v) is 2.72. The smallest absolute Gasteiger partial charge is 0.0572 e. The number of nitrogens with zero attached hydrogens (tertiary/aromatic N) is 3. The first kappa shape index (κ1) is 15.3. The van der Waals surface area contributed by atoms with Crippen LogP contribution in [0.5, 0.6) is 0 Å². The van der Waals surface area contributed by atoms with Gasteiger partial charge in [-0.15, -0.1) is 0 Å². The Hall–Kier alpha value is -1.13. The molecule has 1 aliphatic heterocycles. The molecule has 2 rings (SSSR count). The summed E-state index contributed by atoms with van der Waals surface area (Å²) in [7, 11) is 0. The fourth-order valence-electron chi connectivity index (χ4n) is 2.72. The molecule has 0 unspecified atom stereocenters. The average Bonchev–Trinajstić information content (AvgIpc) is 2.47. The molecule has 0 bridgehead atoms. The Morgan fingerprint density at radius 2 is 1.90 bits per heavy atom. The minimum absolute atomic E-state index is 0.0620. The molecule has 0 saturated carbocycles. The summed E-state index contributed by atoms with van der Waals surface area (Å²) in [4.78, 5) is 9.49. The minimum Gasteiger partial charge on any atom is -0.368 e. The number of aromatic nitrogens is 1. The normalized spacial score (nSPS) is 18.6. The molecule has 0 aromatic carbocycles. The lowest BCUT2D eigenvalue weighted by Gasteiger charge is -2.36. The monoisotopic (exact) mass is 276 g/mol. The van der Waals surface area contributed by atoms with Crippen LogP contribution in [0.15, 0.2) is 18.3 Å². The molecule has 1 aromatic heterocycles. The topological polar surface area (TPSA) is 45.4 Å². The second-order valence-corrected chi connectivity index (χ2v) is 6.14. The molecule has 4 nitrogen and oxygen atoms in total. The van der Waals surface area contributed by atoms with Gasteiger partial charge in [0, 0.05) is 38.8 Å². The van der Waals surface area contributed by atoms with E-state index in [9.17, 15) is 0 Å². The SMILES string of the molecule is CC[C@@H](N)c1ccc(N2CCN(CC(C)C)CC2)cn1. The first-order valence-corrected chi connectivity index (χ1v) is 7.79. The summed E-state index contributed by atoms with van der Waals surface area (Å²) in [5.74, 6) is 0.748. The van der Waals surface area contributed by atoms with Crippen molar-refractivity contribution in [1.29, 1.82) is 0 Å². The molecule has 1 aromatic rings. The van der Waals surface area contributed by atoms with Crippen LogP contribution >= 0.6 is 0 Å². The lowest BCUT2D eigenvalue weighted by atomic mass is 10.1. The highest BCUT2D eigenvalue weighted by molar-refractivity contribution is 5.45. The molecule has 1 aliphatic rings. The molecule has 1 atom stereocenters. The number of piperazine rings is 1. The zero-order valence-electron chi connectivity index (χ0n) is 13.0. The number of pyridine rings is 1. The first-order valence-electron chi connectivity index (χ1n) is 7.79. The van der Waals surface area contributed by atoms with Gasteiger partial charge >= 0.3 is 0 Å². The molecule has 2 heterocycles. The van der Waals surface area contributed by atoms with Gasteiger partial charge in [-0.2, -0.15) is 0 Å². The Kier molecular flexibility index (Phi) is 5.38. The molecule has 0 spiro atoms. The van der Waals surface area contributed by atoms with E-state index >= 15 is 0 Å². The van der Waals surface area contributed by atoms with E-state index in [0.29, 0.717) is 0 Å². The lowest BCUT2D eigenvalue weighted by molar-refractivity contribution is 0.231. The van der Waals surface area contributed by atoms with E-state index in [1.54, 1.807) is 0 Å². The highest BCUT2D eigenvalue weighted by Crippen LogP contribution is 2.18. The van der Waals surface area contributed by atoms with E-state index in [1.807, 2.05) is 6.20 Å². The summed E-state index contributed by atoms with van der Waals surface area (Å²) in [6, 6.07) is 4.30. The Balaban J connectivity index is 1.90. The number of hydrogen-bond donors (Lipinski definition) is 1. The van der Waals surface area contributed by atoms with Gasteiger partial charge in [0.1, 0.15) is 0 Å². The van der Waals surface area contributed by atoms with E-state index in [2.05, 4.69) is 47.7 Å². The molecular weight excluding hydrogens is 248 g/mol. The van der Waals surface area contributed by atoms with Crippen LogP contribution in [0.2, 0.25) is 0 Å². The third-order valence-corrected chi connectivity index (χ3v) is 3.95. The maximum Gasteiger partial charge on any atom is 0.0572 e. The zero-order valence-corrected chi connectivity index (χ0v) is 13.0. The van der Waals surface area contributed by atoms with E-state index in [4.69, 9.17) is 5.73 Å². The van der Waals surface area contributed by atoms with Gasteiger partial charge in [0.15, 0.2) is 0 Å². The van der Waals surface area contributed by atoms with Crippen LogP contribution in [0.1, 0.15) is 38.9 Å². The van der Waals surface area contributed by atoms with Crippen molar-refractivity contribution in [3.05, 3.63) is 24.0 Å². The van der Waals surface area contributed by atoms with Crippen molar-refractivity contribution < 1.29 is 0 Å². The first-order chi connectivity index (χ1) is 9.60. The van der Waals surface area contributed by atoms with Crippen molar-refractivity contribution in [1.82, 2.24) is 9.88 Å². The van der Waals surface area contributed by atoms with Gasteiger partial charge in [-0.05, 0) is 24.5 Å². The van der Waals surface area contributed by atoms with Crippen LogP contribution in [-0.4, -0.2) is 42.6 Å². The summed E-state index contributed by atoms with van der Waals surface area (Å²) in [5, 5.41) is 0. The molecule has 0 amide bonds. The van der Waals surface area contributed by atoms with Gasteiger partial charge in [0.2, 0.25) is 0 Å². The Labute approximate surface area is 123 Å². The number of anilines is 1. The van der Waals surface area contributed by atoms with Crippen molar-refractivity contribution >= 4 is 5.69 Å². The van der Waals surface area contributed by atoms with E-state index in [0.717, 1.165) is 44.2 Å². The summed E-state index contributed by atoms with van der Waals surface area (Å²) >= 11 is 0. The average molecular weight is 276 g/mol. The van der Waals surface area contributed by atoms with Crippen molar-refractivity contribution in [2.45, 2.75) is 33.2 Å². The van der Waals surface area contributed by atoms with Gasteiger partial charge in [-0.1, -0.05) is 20.8 Å². The molecule has 2 N–H and O–H groups in total. The molecule has 4 heteroatoms. The van der Waals surface area contributed by atoms with Gasteiger partial charge in [0.25, 0.3) is 0 Å². The third kappa shape index (κ3) is 3.93. The Morgan fingerprint density at radius 3 is 2.40 bits per heavy atom. The van der Waals surface area contributed by atoms with Crippen molar-refractivity contribution in [2.24, 2.45) is 11.7 Å². The molecule has 1 fully saturated rings. The largest absolute Gasteiger partial charge is 0.368 e. The molecule has 20 heavy (non-hydrogen) atoms. The highest BCUT2D eigenvalue weighted by Gasteiger charge is 2.18. The summed E-state index contributed by atoms with van der Waals surface area (Å²) in [6.45, 7) is 12.3. The molecule has 0 radical (unpaired) electrons. The van der Waals surface area contributed by atoms with Gasteiger partial charge in [0.05, 0.1) is 17.6 Å². The van der Waals surface area contributed by atoms with Crippen LogP contribution in [0.4, 0.5) is 5.69 Å². The van der Waals surface area contributed by atoms with Gasteiger partial charge < -0.3 is 10.6 Å². The van der Waals surface area contributed by atoms with Crippen LogP contribution in [0, 0.1) is 5.92 Å². The number of rotatable bonds is 5. The molecular formula is C16H28N4. The van der Waals surface area contributed by atoms with E-state index in [-0.39, 0.29) is 6.04 Å². The lowest BCUT2D eigenvalue weighted by Crippen LogP contribution is -2.47. The molecule has 0 aliphatic carbocycles. The van der Waals surface area contributed by atoms with E-state index < -0.39 is 0 Å². The van der Waals surface area contributed by atoms with Crippen LogP contribution in [0.25, 0.3) is 0 Å². The number of hydrogen-bond acceptors (Lipinski definition) is 4. The third-order valence-electron chi connectivity index (χ3n) is 3.95. The summed E-state index contributed by atoms with van der Waals surface area (Å²) in [5.41, 5.74) is 8.22. The van der Waals surface area contributed by atoms with E-state index in [1.165, 1.54) is 12.2 Å². The van der Waals surface area contributed by atoms with Crippen molar-refractivity contribution in [2.75, 3.05) is 37.6 Å². The van der Waals surface area contributed by atoms with Crippen LogP contribution < -0.4 is 10.6 Å². The van der Waals surface area contributed by atoms with Crippen LogP contribution in [-0.2, 0) is 0 Å². The van der Waals surface area contributed by atoms with Crippen molar-refractivity contribution in [3.8, 4) is 0 Å². The molecule has 112 valence electrons. The molecule has 1 saturated heterocycles. The predicted octanol–water partition coefficient (Wildman–Crippen LogP) is 2.27. The standard InChI is InChI=1S/C16H28N4/c1-4-15(17)16-6-5-14(11-18-16)20-9-7-19(8-10-20)12-13(2)3/h5-6,11,13,15H,4,7-10,12,17H2,1-3H3/t15-/m1/s1. The van der Waals surface area contributed by atoms with Gasteiger partial charge in [-0.3, -0.25) is 9.88 Å². The summed E-state index contributed by atoms with van der Waals surface area (Å²) < 4.78 is 0. The zero-order chi connectivity index (χ0) is 14.5. The quantitative estimate of drug-likeness (QED) is 0.896. The number of nitrogens with two attached hydrogens (primary N) is 1. The Bertz CT molecular complexity index is 393.